The summed E-state index contributed by atoms with van der Waals surface area (Å²) in [6, 6.07) is 157. The van der Waals surface area contributed by atoms with Crippen LogP contribution < -0.4 is 9.80 Å². The summed E-state index contributed by atoms with van der Waals surface area (Å²) in [5.41, 5.74) is 37.3. The standard InChI is InChI=1S/C57H41NS.C55H35NS/c1-57(2)52-22-12-9-20-47(52)48-34-29-42(37-53(48)57)43-35-50(56-51(36-43)49-21-11-14-24-55(49)59-56)41-27-32-45(33-28-41)58(44-30-25-39(26-31-44)38-15-5-3-6-16-38)54-23-13-10-19-46(54)40-17-7-4-8-18-40;1-3-15-39(16-4-1)56(40-17-5-2-6-18-40)41-30-27-36(28-31-41)47-33-38(34-48-46-22-10-14-26-53(46)57-54(47)48)37-29-32-45-44-21-9-13-25-51(44)55(52(45)35-37)49-23-11-7-19-42(49)43-20-8-12-24-50(43)55/h3-37H,1-2H3;1-35H. The number of benzene rings is 18. The molecule has 23 rings (SSSR count). The second-order valence-electron chi connectivity index (χ2n) is 31.3. The normalized spacial score (nSPS) is 12.9. The molecule has 0 fully saturated rings. The Morgan fingerprint density at radius 3 is 0.991 bits per heavy atom. The molecular formula is C112H76N2S2. The zero-order valence-electron chi connectivity index (χ0n) is 64.1. The van der Waals surface area contributed by atoms with E-state index in [-0.39, 0.29) is 10.8 Å². The minimum atomic E-state index is -0.379. The predicted octanol–water partition coefficient (Wildman–Crippen LogP) is 31.7. The third-order valence-corrected chi connectivity index (χ3v) is 27.0. The zero-order valence-corrected chi connectivity index (χ0v) is 65.8. The van der Waals surface area contributed by atoms with E-state index in [4.69, 9.17) is 0 Å². The second kappa shape index (κ2) is 28.0. The van der Waals surface area contributed by atoms with Gasteiger partial charge in [0.15, 0.2) is 0 Å². The monoisotopic (exact) mass is 1510 g/mol. The number of hydrogen-bond acceptors (Lipinski definition) is 4. The molecule has 1 spiro atoms. The van der Waals surface area contributed by atoms with Gasteiger partial charge in [0.1, 0.15) is 0 Å². The van der Waals surface area contributed by atoms with E-state index in [1.165, 1.54) is 174 Å². The molecule has 546 valence electrons. The highest BCUT2D eigenvalue weighted by atomic mass is 32.1. The van der Waals surface area contributed by atoms with Gasteiger partial charge in [0.05, 0.1) is 11.1 Å². The lowest BCUT2D eigenvalue weighted by molar-refractivity contribution is 0.660. The van der Waals surface area contributed by atoms with Crippen LogP contribution in [0.15, 0.2) is 425 Å². The van der Waals surface area contributed by atoms with Crippen LogP contribution in [0.25, 0.3) is 140 Å². The van der Waals surface area contributed by atoms with Crippen molar-refractivity contribution in [2.45, 2.75) is 24.7 Å². The second-order valence-corrected chi connectivity index (χ2v) is 33.4. The fourth-order valence-electron chi connectivity index (χ4n) is 19.1. The third kappa shape index (κ3) is 11.3. The lowest BCUT2D eigenvalue weighted by Crippen LogP contribution is -2.25. The Kier molecular flexibility index (Phi) is 16.6. The Bertz CT molecular complexity index is 7100. The van der Waals surface area contributed by atoms with E-state index in [1.54, 1.807) is 0 Å². The van der Waals surface area contributed by atoms with E-state index in [0.717, 1.165) is 34.1 Å². The van der Waals surface area contributed by atoms with Gasteiger partial charge in [-0.1, -0.05) is 323 Å². The maximum absolute atomic E-state index is 2.51. The molecule has 0 N–H and O–H groups in total. The summed E-state index contributed by atoms with van der Waals surface area (Å²) < 4.78 is 5.26. The molecule has 0 radical (unpaired) electrons. The Labute approximate surface area is 684 Å². The minimum absolute atomic E-state index is 0.0628. The van der Waals surface area contributed by atoms with Crippen molar-refractivity contribution in [1.29, 1.82) is 0 Å². The molecule has 0 bridgehead atoms. The van der Waals surface area contributed by atoms with E-state index in [9.17, 15) is 0 Å². The summed E-state index contributed by atoms with van der Waals surface area (Å²) in [5.74, 6) is 0. The van der Waals surface area contributed by atoms with Crippen LogP contribution >= 0.6 is 22.7 Å². The number of thiophene rings is 2. The van der Waals surface area contributed by atoms with Crippen LogP contribution in [0.3, 0.4) is 0 Å². The Balaban J connectivity index is 0.000000141. The third-order valence-electron chi connectivity index (χ3n) is 24.6. The van der Waals surface area contributed by atoms with E-state index in [0.29, 0.717) is 0 Å². The van der Waals surface area contributed by atoms with Crippen molar-refractivity contribution >= 4 is 97.1 Å². The summed E-state index contributed by atoms with van der Waals surface area (Å²) in [4.78, 5) is 4.73. The molecule has 3 aliphatic carbocycles. The number of anilines is 6. The lowest BCUT2D eigenvalue weighted by Gasteiger charge is -2.30. The molecule has 0 saturated heterocycles. The van der Waals surface area contributed by atoms with Crippen molar-refractivity contribution in [3.63, 3.8) is 0 Å². The highest BCUT2D eigenvalue weighted by Gasteiger charge is 2.51. The molecule has 4 heteroatoms. The van der Waals surface area contributed by atoms with Gasteiger partial charge in [-0.25, -0.2) is 0 Å². The smallest absolute Gasteiger partial charge is 0.0725 e. The van der Waals surface area contributed by atoms with Gasteiger partial charge in [-0.15, -0.1) is 22.7 Å². The summed E-state index contributed by atoms with van der Waals surface area (Å²) in [6.45, 7) is 4.73. The highest BCUT2D eigenvalue weighted by molar-refractivity contribution is 7.26. The van der Waals surface area contributed by atoms with Crippen LogP contribution in [-0.2, 0) is 10.8 Å². The first-order valence-electron chi connectivity index (χ1n) is 40.1. The van der Waals surface area contributed by atoms with Gasteiger partial charge in [-0.2, -0.15) is 0 Å². The average molecular weight is 1510 g/mol. The first kappa shape index (κ1) is 68.8. The summed E-state index contributed by atoms with van der Waals surface area (Å²) in [6.07, 6.45) is 0. The van der Waals surface area contributed by atoms with Crippen LogP contribution in [0.1, 0.15) is 47.2 Å². The highest BCUT2D eigenvalue weighted by Crippen LogP contribution is 2.64. The molecule has 0 atom stereocenters. The summed E-state index contributed by atoms with van der Waals surface area (Å²) in [7, 11) is 0. The maximum Gasteiger partial charge on any atom is 0.0725 e. The average Bonchev–Trinajstić information content (AvgIpc) is 1.51. The van der Waals surface area contributed by atoms with Crippen LogP contribution in [0.5, 0.6) is 0 Å². The lowest BCUT2D eigenvalue weighted by atomic mass is 9.70. The molecule has 18 aromatic carbocycles. The van der Waals surface area contributed by atoms with Gasteiger partial charge in [-0.3, -0.25) is 0 Å². The van der Waals surface area contributed by atoms with E-state index in [1.807, 2.05) is 22.7 Å². The molecule has 2 aromatic heterocycles. The van der Waals surface area contributed by atoms with Crippen LogP contribution in [-0.4, -0.2) is 0 Å². The number of hydrogen-bond donors (Lipinski definition) is 0. The molecule has 20 aromatic rings. The fourth-order valence-corrected chi connectivity index (χ4v) is 21.6. The molecule has 116 heavy (non-hydrogen) atoms. The number of nitrogens with zero attached hydrogens (tertiary/aromatic N) is 2. The maximum atomic E-state index is 2.51. The quantitative estimate of drug-likeness (QED) is 0.120. The molecule has 2 heterocycles. The molecule has 0 amide bonds. The predicted molar refractivity (Wildman–Crippen MR) is 495 cm³/mol. The van der Waals surface area contributed by atoms with Crippen LogP contribution in [0, 0.1) is 0 Å². The van der Waals surface area contributed by atoms with Gasteiger partial charge in [0.25, 0.3) is 0 Å². The molecule has 0 aliphatic heterocycles. The zero-order chi connectivity index (χ0) is 77.0. The number of rotatable bonds is 12. The van der Waals surface area contributed by atoms with Crippen molar-refractivity contribution < 1.29 is 0 Å². The number of para-hydroxylation sites is 3. The van der Waals surface area contributed by atoms with Gasteiger partial charge in [-0.05, 0) is 232 Å². The van der Waals surface area contributed by atoms with Gasteiger partial charge in [0.2, 0.25) is 0 Å². The van der Waals surface area contributed by atoms with Crippen molar-refractivity contribution in [2.24, 2.45) is 0 Å². The first-order valence-corrected chi connectivity index (χ1v) is 41.7. The molecular weight excluding hydrogens is 1440 g/mol. The Morgan fingerprint density at radius 2 is 0.509 bits per heavy atom. The largest absolute Gasteiger partial charge is 0.311 e. The Morgan fingerprint density at radius 1 is 0.190 bits per heavy atom. The van der Waals surface area contributed by atoms with Crippen molar-refractivity contribution in [3.8, 4) is 100 Å². The number of fused-ring (bicyclic) bond motifs is 19. The van der Waals surface area contributed by atoms with Crippen molar-refractivity contribution in [1.82, 2.24) is 0 Å². The van der Waals surface area contributed by atoms with Crippen LogP contribution in [0.2, 0.25) is 0 Å². The molecule has 2 nitrogen and oxygen atoms in total. The SMILES string of the molecule is CC1(C)c2ccccc2-c2ccc(-c3cc(-c4ccc(N(c5ccc(-c6ccccc6)cc5)c5ccccc5-c5ccccc5)cc4)c4sc5ccccc5c4c3)cc21.c1ccc(N(c2ccccc2)c2ccc(-c3cc(-c4ccc5c(c4)C4(c6ccccc6-c6ccccc64)c4ccccc4-5)cc4c3sc3ccccc34)cc2)cc1. The van der Waals surface area contributed by atoms with Gasteiger partial charge < -0.3 is 9.80 Å². The van der Waals surface area contributed by atoms with Gasteiger partial charge in [0, 0.05) is 90.9 Å². The molecule has 0 saturated carbocycles. The fraction of sp³-hybridized carbons (Fsp3) is 0.0357. The molecule has 3 aliphatic rings. The topological polar surface area (TPSA) is 6.48 Å². The summed E-state index contributed by atoms with van der Waals surface area (Å²) in [5, 5.41) is 5.23. The van der Waals surface area contributed by atoms with E-state index < -0.39 is 0 Å². The van der Waals surface area contributed by atoms with Gasteiger partial charge >= 0.3 is 0 Å². The Hall–Kier alpha value is -14.0. The molecule has 0 unspecified atom stereocenters. The van der Waals surface area contributed by atoms with Crippen molar-refractivity contribution in [2.75, 3.05) is 9.80 Å². The minimum Gasteiger partial charge on any atom is -0.311 e. The summed E-state index contributed by atoms with van der Waals surface area (Å²) >= 11 is 3.78. The van der Waals surface area contributed by atoms with Crippen LogP contribution in [0.4, 0.5) is 34.1 Å². The van der Waals surface area contributed by atoms with Crippen molar-refractivity contribution in [3.05, 3.63) is 458 Å². The van der Waals surface area contributed by atoms with E-state index in [2.05, 4.69) is 448 Å². The first-order chi connectivity index (χ1) is 57.3. The van der Waals surface area contributed by atoms with E-state index >= 15 is 0 Å².